The number of rotatable bonds is 0. The molecule has 0 aromatic carbocycles. The number of amides is 1. The zero-order valence-electron chi connectivity index (χ0n) is 15.6. The monoisotopic (exact) mass is 375 g/mol. The molecule has 7 nitrogen and oxygen atoms in total. The number of hydrogen-bond donors (Lipinski definition) is 0. The average Bonchev–Trinajstić information content (AvgIpc) is 2.60. The van der Waals surface area contributed by atoms with E-state index in [1.165, 1.54) is 9.47 Å². The Labute approximate surface area is 156 Å². The third-order valence-corrected chi connectivity index (χ3v) is 6.23. The molecule has 2 aromatic rings. The minimum absolute atomic E-state index is 0.0566. The van der Waals surface area contributed by atoms with Crippen LogP contribution in [0.3, 0.4) is 0 Å². The maximum atomic E-state index is 13.1. The standard InChI is InChI=1S/C18H22ClN5O2/c1-9-7-24-12(8-21(9)3)17(25)23(5)16-15(24)11-6-20-10(2)13(19)14(11)22(4)18(16)26/h6,9,12H,7-8H2,1-5H3. The van der Waals surface area contributed by atoms with E-state index in [4.69, 9.17) is 11.6 Å². The van der Waals surface area contributed by atoms with Crippen molar-refractivity contribution in [2.45, 2.75) is 25.9 Å². The summed E-state index contributed by atoms with van der Waals surface area (Å²) in [5.41, 5.74) is 2.29. The van der Waals surface area contributed by atoms with Crippen molar-refractivity contribution >= 4 is 39.8 Å². The molecule has 2 unspecified atom stereocenters. The Morgan fingerprint density at radius 3 is 2.54 bits per heavy atom. The van der Waals surface area contributed by atoms with E-state index < -0.39 is 0 Å². The predicted molar refractivity (Wildman–Crippen MR) is 103 cm³/mol. The van der Waals surface area contributed by atoms with Gasteiger partial charge in [-0.1, -0.05) is 11.6 Å². The number of pyridine rings is 2. The van der Waals surface area contributed by atoms with Gasteiger partial charge in [-0.2, -0.15) is 0 Å². The Balaban J connectivity index is 2.11. The van der Waals surface area contributed by atoms with Gasteiger partial charge in [0, 0.05) is 44.8 Å². The fourth-order valence-corrected chi connectivity index (χ4v) is 4.32. The first-order valence-corrected chi connectivity index (χ1v) is 9.04. The SMILES string of the molecule is Cc1ncc2c3c(c(=O)n(C)c2c1Cl)N(C)C(=O)C1CN(C)C(C)CN31. The lowest BCUT2D eigenvalue weighted by atomic mass is 9.99. The number of aromatic nitrogens is 2. The number of anilines is 2. The Hall–Kier alpha value is -2.12. The summed E-state index contributed by atoms with van der Waals surface area (Å²) in [6.45, 7) is 5.23. The summed E-state index contributed by atoms with van der Waals surface area (Å²) in [5.74, 6) is -0.0566. The van der Waals surface area contributed by atoms with Gasteiger partial charge in [0.05, 0.1) is 21.9 Å². The van der Waals surface area contributed by atoms with E-state index in [-0.39, 0.29) is 23.6 Å². The van der Waals surface area contributed by atoms with Gasteiger partial charge in [0.1, 0.15) is 11.7 Å². The van der Waals surface area contributed by atoms with E-state index in [0.717, 1.165) is 11.1 Å². The lowest BCUT2D eigenvalue weighted by molar-refractivity contribution is -0.121. The fourth-order valence-electron chi connectivity index (χ4n) is 4.05. The van der Waals surface area contributed by atoms with Crippen molar-refractivity contribution < 1.29 is 4.79 Å². The van der Waals surface area contributed by atoms with Crippen LogP contribution in [0.5, 0.6) is 0 Å². The highest BCUT2D eigenvalue weighted by molar-refractivity contribution is 6.36. The molecular weight excluding hydrogens is 354 g/mol. The van der Waals surface area contributed by atoms with Crippen LogP contribution < -0.4 is 15.4 Å². The van der Waals surface area contributed by atoms with E-state index in [1.54, 1.807) is 20.3 Å². The van der Waals surface area contributed by atoms with Crippen molar-refractivity contribution in [1.82, 2.24) is 14.5 Å². The van der Waals surface area contributed by atoms with Crippen LogP contribution in [0.2, 0.25) is 5.02 Å². The average molecular weight is 376 g/mol. The predicted octanol–water partition coefficient (Wildman–Crippen LogP) is 1.38. The first-order chi connectivity index (χ1) is 12.2. The molecule has 0 aliphatic carbocycles. The zero-order valence-corrected chi connectivity index (χ0v) is 16.3. The third-order valence-electron chi connectivity index (χ3n) is 5.78. The van der Waals surface area contributed by atoms with Crippen LogP contribution >= 0.6 is 11.6 Å². The number of hydrogen-bond acceptors (Lipinski definition) is 5. The molecule has 0 bridgehead atoms. The molecule has 0 saturated carbocycles. The molecule has 2 atom stereocenters. The number of likely N-dealkylation sites (N-methyl/N-ethyl adjacent to an activating group) is 2. The third kappa shape index (κ3) is 2.13. The molecule has 1 fully saturated rings. The van der Waals surface area contributed by atoms with Crippen LogP contribution in [0.25, 0.3) is 10.9 Å². The minimum Gasteiger partial charge on any atom is -0.354 e. The Kier molecular flexibility index (Phi) is 3.79. The van der Waals surface area contributed by atoms with Crippen LogP contribution in [0.1, 0.15) is 12.6 Å². The number of carbonyl (C=O) groups is 1. The number of piperazine rings is 1. The maximum Gasteiger partial charge on any atom is 0.276 e. The zero-order chi connectivity index (χ0) is 18.9. The maximum absolute atomic E-state index is 13.1. The summed E-state index contributed by atoms with van der Waals surface area (Å²) < 4.78 is 1.52. The fraction of sp³-hybridized carbons (Fsp3) is 0.500. The molecule has 0 radical (unpaired) electrons. The largest absolute Gasteiger partial charge is 0.354 e. The van der Waals surface area contributed by atoms with Crippen molar-refractivity contribution in [1.29, 1.82) is 0 Å². The summed E-state index contributed by atoms with van der Waals surface area (Å²) >= 11 is 6.51. The molecule has 8 heteroatoms. The highest BCUT2D eigenvalue weighted by atomic mass is 35.5. The molecule has 0 N–H and O–H groups in total. The van der Waals surface area contributed by atoms with Crippen LogP contribution in [0.15, 0.2) is 11.0 Å². The van der Waals surface area contributed by atoms with E-state index in [9.17, 15) is 9.59 Å². The van der Waals surface area contributed by atoms with Gasteiger partial charge >= 0.3 is 0 Å². The highest BCUT2D eigenvalue weighted by Gasteiger charge is 2.44. The van der Waals surface area contributed by atoms with Crippen LogP contribution in [-0.2, 0) is 11.8 Å². The minimum atomic E-state index is -0.316. The van der Waals surface area contributed by atoms with Crippen LogP contribution in [0.4, 0.5) is 11.4 Å². The molecule has 1 amide bonds. The van der Waals surface area contributed by atoms with Crippen molar-refractivity contribution in [2.24, 2.45) is 7.05 Å². The van der Waals surface area contributed by atoms with E-state index in [2.05, 4.69) is 21.7 Å². The van der Waals surface area contributed by atoms with Crippen molar-refractivity contribution in [3.63, 3.8) is 0 Å². The van der Waals surface area contributed by atoms with Crippen LogP contribution in [0, 0.1) is 6.92 Å². The van der Waals surface area contributed by atoms with Gasteiger partial charge in [-0.25, -0.2) is 0 Å². The topological polar surface area (TPSA) is 61.7 Å². The van der Waals surface area contributed by atoms with Gasteiger partial charge < -0.3 is 14.4 Å². The summed E-state index contributed by atoms with van der Waals surface area (Å²) in [6, 6.07) is -0.0487. The van der Waals surface area contributed by atoms with Gasteiger partial charge in [0.25, 0.3) is 11.5 Å². The summed E-state index contributed by atoms with van der Waals surface area (Å²) in [6.07, 6.45) is 1.76. The van der Waals surface area contributed by atoms with Crippen LogP contribution in [-0.4, -0.2) is 59.6 Å². The second kappa shape index (κ2) is 5.69. The van der Waals surface area contributed by atoms with Gasteiger partial charge in [0.15, 0.2) is 0 Å². The van der Waals surface area contributed by atoms with E-state index in [1.807, 2.05) is 14.0 Å². The normalized spacial score (nSPS) is 23.4. The number of fused-ring (bicyclic) bond motifs is 5. The number of aryl methyl sites for hydroxylation is 2. The second-order valence-electron chi connectivity index (χ2n) is 7.34. The van der Waals surface area contributed by atoms with Gasteiger partial charge in [-0.05, 0) is 20.9 Å². The molecular formula is C18H22ClN5O2. The first-order valence-electron chi connectivity index (χ1n) is 8.66. The van der Waals surface area contributed by atoms with Gasteiger partial charge in [0.2, 0.25) is 0 Å². The highest BCUT2D eigenvalue weighted by Crippen LogP contribution is 2.41. The summed E-state index contributed by atoms with van der Waals surface area (Å²) in [7, 11) is 5.38. The molecule has 4 rings (SSSR count). The number of halogens is 1. The summed E-state index contributed by atoms with van der Waals surface area (Å²) in [5, 5.41) is 1.28. The van der Waals surface area contributed by atoms with Crippen molar-refractivity contribution in [3.8, 4) is 0 Å². The lowest BCUT2D eigenvalue weighted by Crippen LogP contribution is -2.64. The van der Waals surface area contributed by atoms with E-state index in [0.29, 0.717) is 35.0 Å². The second-order valence-corrected chi connectivity index (χ2v) is 7.71. The molecule has 2 aliphatic heterocycles. The Morgan fingerprint density at radius 1 is 1.15 bits per heavy atom. The molecule has 1 saturated heterocycles. The first kappa shape index (κ1) is 17.3. The smallest absolute Gasteiger partial charge is 0.276 e. The number of nitrogens with zero attached hydrogens (tertiary/aromatic N) is 5. The summed E-state index contributed by atoms with van der Waals surface area (Å²) in [4.78, 5) is 36.2. The molecule has 4 heterocycles. The van der Waals surface area contributed by atoms with Gasteiger partial charge in [-0.15, -0.1) is 0 Å². The molecule has 0 spiro atoms. The van der Waals surface area contributed by atoms with Crippen molar-refractivity contribution in [3.05, 3.63) is 27.3 Å². The Morgan fingerprint density at radius 2 is 1.85 bits per heavy atom. The number of carbonyl (C=O) groups excluding carboxylic acids is 1. The molecule has 2 aromatic heterocycles. The van der Waals surface area contributed by atoms with Gasteiger partial charge in [-0.3, -0.25) is 19.5 Å². The quantitative estimate of drug-likeness (QED) is 0.696. The lowest BCUT2D eigenvalue weighted by Gasteiger charge is -2.49. The molecule has 26 heavy (non-hydrogen) atoms. The molecule has 2 aliphatic rings. The Bertz CT molecular complexity index is 1000. The van der Waals surface area contributed by atoms with E-state index >= 15 is 0 Å². The van der Waals surface area contributed by atoms with Crippen molar-refractivity contribution in [2.75, 3.05) is 37.0 Å². The molecule has 138 valence electrons.